The average Bonchev–Trinajstić information content (AvgIpc) is 2.97. The predicted molar refractivity (Wildman–Crippen MR) is 74.3 cm³/mol. The molecule has 4 heteroatoms. The van der Waals surface area contributed by atoms with E-state index < -0.39 is 0 Å². The molecule has 100 valence electrons. The number of nitrogens with one attached hydrogen (secondary N) is 1. The zero-order valence-electron chi connectivity index (χ0n) is 11.3. The maximum atomic E-state index is 12.2. The van der Waals surface area contributed by atoms with Crippen molar-refractivity contribution in [1.29, 1.82) is 0 Å². The summed E-state index contributed by atoms with van der Waals surface area (Å²) >= 11 is 1.65. The summed E-state index contributed by atoms with van der Waals surface area (Å²) in [5.41, 5.74) is 2.02. The zero-order chi connectivity index (χ0) is 13.1. The first-order chi connectivity index (χ1) is 8.63. The summed E-state index contributed by atoms with van der Waals surface area (Å²) in [6, 6.07) is 0.0879. The second-order valence-electron chi connectivity index (χ2n) is 4.85. The van der Waals surface area contributed by atoms with E-state index in [0.29, 0.717) is 0 Å². The van der Waals surface area contributed by atoms with Crippen molar-refractivity contribution in [3.63, 3.8) is 0 Å². The van der Waals surface area contributed by atoms with Gasteiger partial charge in [-0.25, -0.2) is 0 Å². The Balaban J connectivity index is 2.02. The van der Waals surface area contributed by atoms with E-state index >= 15 is 0 Å². The molecule has 0 spiro atoms. The minimum Gasteiger partial charge on any atom is -0.376 e. The van der Waals surface area contributed by atoms with Gasteiger partial charge in [0.1, 0.15) is 0 Å². The minimum atomic E-state index is 0.0409. The van der Waals surface area contributed by atoms with Crippen molar-refractivity contribution in [2.24, 2.45) is 0 Å². The van der Waals surface area contributed by atoms with Crippen LogP contribution in [0.5, 0.6) is 0 Å². The van der Waals surface area contributed by atoms with Gasteiger partial charge < -0.3 is 10.1 Å². The van der Waals surface area contributed by atoms with E-state index in [1.54, 1.807) is 11.3 Å². The van der Waals surface area contributed by atoms with Crippen molar-refractivity contribution in [2.45, 2.75) is 52.2 Å². The largest absolute Gasteiger partial charge is 0.376 e. The third-order valence-electron chi connectivity index (χ3n) is 3.58. The number of ether oxygens (including phenoxy) is 1. The molecule has 3 nitrogen and oxygen atoms in total. The monoisotopic (exact) mass is 267 g/mol. The highest BCUT2D eigenvalue weighted by molar-refractivity contribution is 7.10. The molecule has 0 radical (unpaired) electrons. The molecule has 1 amide bonds. The van der Waals surface area contributed by atoms with E-state index in [1.807, 2.05) is 12.3 Å². The molecule has 2 heterocycles. The molecule has 18 heavy (non-hydrogen) atoms. The Morgan fingerprint density at radius 3 is 3.06 bits per heavy atom. The van der Waals surface area contributed by atoms with E-state index in [1.165, 1.54) is 10.4 Å². The number of carbonyl (C=O) groups excluding carboxylic acids is 1. The van der Waals surface area contributed by atoms with Crippen molar-refractivity contribution >= 4 is 17.2 Å². The summed E-state index contributed by atoms with van der Waals surface area (Å²) < 4.78 is 5.60. The summed E-state index contributed by atoms with van der Waals surface area (Å²) in [4.78, 5) is 13.5. The maximum absolute atomic E-state index is 12.2. The van der Waals surface area contributed by atoms with Crippen LogP contribution < -0.4 is 5.32 Å². The van der Waals surface area contributed by atoms with Gasteiger partial charge in [-0.05, 0) is 38.7 Å². The SMILES string of the molecule is CCc1c(C(=O)N[C@H](C)[C@@H]2CCCO2)csc1C. The Bertz CT molecular complexity index is 421. The molecule has 1 aromatic rings. The van der Waals surface area contributed by atoms with Crippen molar-refractivity contribution < 1.29 is 9.53 Å². The molecular formula is C14H21NO2S. The fraction of sp³-hybridized carbons (Fsp3) is 0.643. The van der Waals surface area contributed by atoms with Gasteiger partial charge in [-0.2, -0.15) is 0 Å². The summed E-state index contributed by atoms with van der Waals surface area (Å²) in [5.74, 6) is 0.0409. The highest BCUT2D eigenvalue weighted by Crippen LogP contribution is 2.23. The van der Waals surface area contributed by atoms with Gasteiger partial charge in [0.15, 0.2) is 0 Å². The Kier molecular flexibility index (Phi) is 4.40. The molecule has 0 aliphatic carbocycles. The van der Waals surface area contributed by atoms with Gasteiger partial charge in [0.05, 0.1) is 17.7 Å². The number of amides is 1. The lowest BCUT2D eigenvalue weighted by Crippen LogP contribution is -2.41. The fourth-order valence-corrected chi connectivity index (χ4v) is 3.42. The third-order valence-corrected chi connectivity index (χ3v) is 4.54. The molecule has 0 saturated carbocycles. The Morgan fingerprint density at radius 2 is 2.44 bits per heavy atom. The number of hydrogen-bond donors (Lipinski definition) is 1. The molecule has 1 fully saturated rings. The lowest BCUT2D eigenvalue weighted by Gasteiger charge is -2.20. The summed E-state index contributed by atoms with van der Waals surface area (Å²) in [7, 11) is 0. The second-order valence-corrected chi connectivity index (χ2v) is 5.94. The van der Waals surface area contributed by atoms with Crippen LogP contribution in [0.3, 0.4) is 0 Å². The second kappa shape index (κ2) is 5.85. The molecule has 1 aromatic heterocycles. The predicted octanol–water partition coefficient (Wildman–Crippen LogP) is 2.92. The van der Waals surface area contributed by atoms with E-state index in [0.717, 1.165) is 31.4 Å². The first kappa shape index (κ1) is 13.6. The van der Waals surface area contributed by atoms with Crippen LogP contribution in [0.1, 0.15) is 47.5 Å². The highest BCUT2D eigenvalue weighted by Gasteiger charge is 2.25. The summed E-state index contributed by atoms with van der Waals surface area (Å²) in [5, 5.41) is 5.03. The lowest BCUT2D eigenvalue weighted by molar-refractivity contribution is 0.0712. The number of carbonyl (C=O) groups is 1. The van der Waals surface area contributed by atoms with Gasteiger partial charge in [-0.15, -0.1) is 11.3 Å². The molecule has 0 aromatic carbocycles. The Hall–Kier alpha value is -0.870. The van der Waals surface area contributed by atoms with E-state index in [9.17, 15) is 4.79 Å². The number of aryl methyl sites for hydroxylation is 1. The molecule has 1 aliphatic heterocycles. The van der Waals surface area contributed by atoms with E-state index in [2.05, 4.69) is 19.2 Å². The molecule has 1 saturated heterocycles. The normalized spacial score (nSPS) is 20.9. The maximum Gasteiger partial charge on any atom is 0.252 e. The standard InChI is InChI=1S/C14H21NO2S/c1-4-11-10(3)18-8-12(11)14(16)15-9(2)13-6-5-7-17-13/h8-9,13H,4-7H2,1-3H3,(H,15,16)/t9-,13+/m1/s1. The molecule has 1 N–H and O–H groups in total. The van der Waals surface area contributed by atoms with Gasteiger partial charge in [-0.1, -0.05) is 6.92 Å². The molecule has 0 bridgehead atoms. The zero-order valence-corrected chi connectivity index (χ0v) is 12.1. The number of rotatable bonds is 4. The van der Waals surface area contributed by atoms with Crippen LogP contribution in [-0.2, 0) is 11.2 Å². The van der Waals surface area contributed by atoms with Crippen LogP contribution in [0.2, 0.25) is 0 Å². The van der Waals surface area contributed by atoms with E-state index in [4.69, 9.17) is 4.74 Å². The van der Waals surface area contributed by atoms with Crippen LogP contribution in [0, 0.1) is 6.92 Å². The molecule has 0 unspecified atom stereocenters. The van der Waals surface area contributed by atoms with Crippen LogP contribution in [0.4, 0.5) is 0 Å². The van der Waals surface area contributed by atoms with Crippen LogP contribution in [0.15, 0.2) is 5.38 Å². The molecule has 1 aliphatic rings. The first-order valence-electron chi connectivity index (χ1n) is 6.63. The Labute approximate surface area is 113 Å². The van der Waals surface area contributed by atoms with Crippen molar-refractivity contribution in [3.8, 4) is 0 Å². The minimum absolute atomic E-state index is 0.0409. The number of hydrogen-bond acceptors (Lipinski definition) is 3. The topological polar surface area (TPSA) is 38.3 Å². The van der Waals surface area contributed by atoms with Gasteiger partial charge in [0, 0.05) is 16.9 Å². The van der Waals surface area contributed by atoms with Gasteiger partial charge in [0.2, 0.25) is 0 Å². The fourth-order valence-electron chi connectivity index (χ4n) is 2.48. The lowest BCUT2D eigenvalue weighted by atomic mass is 10.1. The van der Waals surface area contributed by atoms with Gasteiger partial charge >= 0.3 is 0 Å². The van der Waals surface area contributed by atoms with Gasteiger partial charge in [-0.3, -0.25) is 4.79 Å². The summed E-state index contributed by atoms with van der Waals surface area (Å²) in [6.45, 7) is 7.01. The van der Waals surface area contributed by atoms with Crippen LogP contribution >= 0.6 is 11.3 Å². The Morgan fingerprint density at radius 1 is 1.67 bits per heavy atom. The van der Waals surface area contributed by atoms with Crippen molar-refractivity contribution in [3.05, 3.63) is 21.4 Å². The average molecular weight is 267 g/mol. The quantitative estimate of drug-likeness (QED) is 0.911. The highest BCUT2D eigenvalue weighted by atomic mass is 32.1. The van der Waals surface area contributed by atoms with Crippen LogP contribution in [-0.4, -0.2) is 24.7 Å². The van der Waals surface area contributed by atoms with Crippen LogP contribution in [0.25, 0.3) is 0 Å². The third kappa shape index (κ3) is 2.75. The molecular weight excluding hydrogens is 246 g/mol. The molecule has 2 atom stereocenters. The summed E-state index contributed by atoms with van der Waals surface area (Å²) in [6.07, 6.45) is 3.23. The van der Waals surface area contributed by atoms with Gasteiger partial charge in [0.25, 0.3) is 5.91 Å². The molecule has 2 rings (SSSR count). The van der Waals surface area contributed by atoms with Crippen molar-refractivity contribution in [1.82, 2.24) is 5.32 Å². The first-order valence-corrected chi connectivity index (χ1v) is 7.50. The smallest absolute Gasteiger partial charge is 0.252 e. The van der Waals surface area contributed by atoms with Crippen molar-refractivity contribution in [2.75, 3.05) is 6.61 Å². The number of thiophene rings is 1. The van der Waals surface area contributed by atoms with E-state index in [-0.39, 0.29) is 18.1 Å².